The number of esters is 1. The molecular formula is C22H25NO2. The van der Waals surface area contributed by atoms with Crippen molar-refractivity contribution in [3.63, 3.8) is 0 Å². The van der Waals surface area contributed by atoms with E-state index in [1.807, 2.05) is 49.4 Å². The van der Waals surface area contributed by atoms with E-state index in [2.05, 4.69) is 11.0 Å². The smallest absolute Gasteiger partial charge is 0.331 e. The summed E-state index contributed by atoms with van der Waals surface area (Å²) in [6.45, 7) is 5.62. The third kappa shape index (κ3) is 5.30. The molecule has 3 nitrogen and oxygen atoms in total. The van der Waals surface area contributed by atoms with Crippen molar-refractivity contribution >= 4 is 12.0 Å². The Labute approximate surface area is 149 Å². The Morgan fingerprint density at radius 1 is 1.04 bits per heavy atom. The highest BCUT2D eigenvalue weighted by Crippen LogP contribution is 2.17. The predicted octanol–water partition coefficient (Wildman–Crippen LogP) is 4.35. The van der Waals surface area contributed by atoms with Gasteiger partial charge in [-0.3, -0.25) is 4.90 Å². The molecule has 3 heteroatoms. The average Bonchev–Trinajstić information content (AvgIpc) is 3.13. The predicted molar refractivity (Wildman–Crippen MR) is 101 cm³/mol. The van der Waals surface area contributed by atoms with Crippen molar-refractivity contribution in [1.29, 1.82) is 0 Å². The molecule has 0 N–H and O–H groups in total. The number of benzene rings is 2. The van der Waals surface area contributed by atoms with Crippen molar-refractivity contribution in [3.8, 4) is 0 Å². The van der Waals surface area contributed by atoms with Gasteiger partial charge in [0.15, 0.2) is 0 Å². The minimum absolute atomic E-state index is 0.309. The van der Waals surface area contributed by atoms with Gasteiger partial charge in [0.25, 0.3) is 0 Å². The molecule has 0 spiro atoms. The highest BCUT2D eigenvalue weighted by molar-refractivity contribution is 5.87. The van der Waals surface area contributed by atoms with E-state index in [0.29, 0.717) is 6.61 Å². The number of aryl methyl sites for hydroxylation is 1. The molecule has 2 aromatic rings. The van der Waals surface area contributed by atoms with Crippen LogP contribution in [0.3, 0.4) is 0 Å². The van der Waals surface area contributed by atoms with Crippen LogP contribution in [0.15, 0.2) is 54.6 Å². The third-order valence-corrected chi connectivity index (χ3v) is 4.57. The van der Waals surface area contributed by atoms with Gasteiger partial charge in [-0.25, -0.2) is 4.79 Å². The summed E-state index contributed by atoms with van der Waals surface area (Å²) < 4.78 is 5.43. The van der Waals surface area contributed by atoms with E-state index < -0.39 is 0 Å². The number of hydrogen-bond acceptors (Lipinski definition) is 3. The molecule has 2 aromatic carbocycles. The Morgan fingerprint density at radius 2 is 1.72 bits per heavy atom. The van der Waals surface area contributed by atoms with Gasteiger partial charge in [-0.15, -0.1) is 0 Å². The monoisotopic (exact) mass is 335 g/mol. The molecule has 3 rings (SSSR count). The maximum absolute atomic E-state index is 12.0. The van der Waals surface area contributed by atoms with E-state index in [-0.39, 0.29) is 5.97 Å². The standard InChI is InChI=1S/C22H25NO2/c1-18-8-10-19(11-9-18)12-13-22(24)25-17-21-7-3-2-6-20(21)16-23-14-4-5-15-23/h2-3,6-13H,4-5,14-17H2,1H3/b13-12+. The van der Waals surface area contributed by atoms with E-state index >= 15 is 0 Å². The SMILES string of the molecule is Cc1ccc(/C=C/C(=O)OCc2ccccc2CN2CCCC2)cc1. The van der Waals surface area contributed by atoms with E-state index in [9.17, 15) is 4.79 Å². The van der Waals surface area contributed by atoms with E-state index in [0.717, 1.165) is 30.8 Å². The molecule has 0 radical (unpaired) electrons. The fourth-order valence-electron chi connectivity index (χ4n) is 3.07. The van der Waals surface area contributed by atoms with Crippen LogP contribution in [0.4, 0.5) is 0 Å². The second kappa shape index (κ2) is 8.63. The zero-order valence-corrected chi connectivity index (χ0v) is 14.8. The third-order valence-electron chi connectivity index (χ3n) is 4.57. The molecule has 0 unspecified atom stereocenters. The lowest BCUT2D eigenvalue weighted by atomic mass is 10.1. The lowest BCUT2D eigenvalue weighted by Gasteiger charge is -2.17. The molecule has 0 aromatic heterocycles. The van der Waals surface area contributed by atoms with Crippen LogP contribution < -0.4 is 0 Å². The molecular weight excluding hydrogens is 310 g/mol. The minimum Gasteiger partial charge on any atom is -0.458 e. The maximum atomic E-state index is 12.0. The topological polar surface area (TPSA) is 29.5 Å². The van der Waals surface area contributed by atoms with Crippen molar-refractivity contribution in [3.05, 3.63) is 76.9 Å². The molecule has 0 amide bonds. The van der Waals surface area contributed by atoms with Gasteiger partial charge >= 0.3 is 5.97 Å². The summed E-state index contributed by atoms with van der Waals surface area (Å²) in [5, 5.41) is 0. The first-order chi connectivity index (χ1) is 12.2. The Balaban J connectivity index is 1.55. The van der Waals surface area contributed by atoms with Crippen LogP contribution in [-0.4, -0.2) is 24.0 Å². The first-order valence-corrected chi connectivity index (χ1v) is 8.91. The Morgan fingerprint density at radius 3 is 2.44 bits per heavy atom. The van der Waals surface area contributed by atoms with Crippen LogP contribution in [0.5, 0.6) is 0 Å². The van der Waals surface area contributed by atoms with Crippen LogP contribution in [0.1, 0.15) is 35.1 Å². The van der Waals surface area contributed by atoms with Gasteiger partial charge in [0, 0.05) is 12.6 Å². The Bertz CT molecular complexity index is 728. The van der Waals surface area contributed by atoms with Gasteiger partial charge < -0.3 is 4.74 Å². The second-order valence-electron chi connectivity index (χ2n) is 6.60. The summed E-state index contributed by atoms with van der Waals surface area (Å²) in [6.07, 6.45) is 5.84. The van der Waals surface area contributed by atoms with Crippen molar-refractivity contribution in [2.75, 3.05) is 13.1 Å². The van der Waals surface area contributed by atoms with E-state index in [4.69, 9.17) is 4.74 Å². The number of ether oxygens (including phenoxy) is 1. The van der Waals surface area contributed by atoms with Gasteiger partial charge in [0.1, 0.15) is 6.61 Å². The molecule has 25 heavy (non-hydrogen) atoms. The van der Waals surface area contributed by atoms with Crippen molar-refractivity contribution < 1.29 is 9.53 Å². The first kappa shape index (κ1) is 17.4. The zero-order valence-electron chi connectivity index (χ0n) is 14.8. The molecule has 1 saturated heterocycles. The molecule has 0 bridgehead atoms. The van der Waals surface area contributed by atoms with Gasteiger partial charge in [-0.2, -0.15) is 0 Å². The van der Waals surface area contributed by atoms with Crippen LogP contribution in [0.2, 0.25) is 0 Å². The lowest BCUT2D eigenvalue weighted by Crippen LogP contribution is -2.19. The fourth-order valence-corrected chi connectivity index (χ4v) is 3.07. The van der Waals surface area contributed by atoms with Gasteiger partial charge in [0.2, 0.25) is 0 Å². The molecule has 1 aliphatic rings. The molecule has 130 valence electrons. The van der Waals surface area contributed by atoms with Crippen LogP contribution in [-0.2, 0) is 22.7 Å². The van der Waals surface area contributed by atoms with Gasteiger partial charge in [-0.05, 0) is 55.6 Å². The van der Waals surface area contributed by atoms with Crippen LogP contribution >= 0.6 is 0 Å². The molecule has 0 aliphatic carbocycles. The Hall–Kier alpha value is -2.39. The summed E-state index contributed by atoms with van der Waals surface area (Å²) in [5.74, 6) is -0.309. The number of nitrogens with zero attached hydrogens (tertiary/aromatic N) is 1. The normalized spacial score (nSPS) is 14.9. The van der Waals surface area contributed by atoms with E-state index in [1.54, 1.807) is 6.08 Å². The molecule has 0 saturated carbocycles. The quantitative estimate of drug-likeness (QED) is 0.581. The van der Waals surface area contributed by atoms with E-state index in [1.165, 1.54) is 30.0 Å². The lowest BCUT2D eigenvalue weighted by molar-refractivity contribution is -0.138. The van der Waals surface area contributed by atoms with Crippen molar-refractivity contribution in [2.24, 2.45) is 0 Å². The van der Waals surface area contributed by atoms with Crippen LogP contribution in [0.25, 0.3) is 6.08 Å². The van der Waals surface area contributed by atoms with Crippen LogP contribution in [0, 0.1) is 6.92 Å². The van der Waals surface area contributed by atoms with Crippen molar-refractivity contribution in [2.45, 2.75) is 32.9 Å². The molecule has 0 atom stereocenters. The largest absolute Gasteiger partial charge is 0.458 e. The summed E-state index contributed by atoms with van der Waals surface area (Å²) in [6, 6.07) is 16.3. The number of carbonyl (C=O) groups excluding carboxylic acids is 1. The highest BCUT2D eigenvalue weighted by atomic mass is 16.5. The summed E-state index contributed by atoms with van der Waals surface area (Å²) in [5.41, 5.74) is 4.54. The summed E-state index contributed by atoms with van der Waals surface area (Å²) in [4.78, 5) is 14.4. The first-order valence-electron chi connectivity index (χ1n) is 8.91. The number of rotatable bonds is 6. The van der Waals surface area contributed by atoms with Gasteiger partial charge in [0.05, 0.1) is 0 Å². The molecule has 1 fully saturated rings. The second-order valence-corrected chi connectivity index (χ2v) is 6.60. The number of hydrogen-bond donors (Lipinski definition) is 0. The minimum atomic E-state index is -0.309. The average molecular weight is 335 g/mol. The van der Waals surface area contributed by atoms with Crippen molar-refractivity contribution in [1.82, 2.24) is 4.90 Å². The number of likely N-dealkylation sites (tertiary alicyclic amines) is 1. The summed E-state index contributed by atoms with van der Waals surface area (Å²) >= 11 is 0. The zero-order chi connectivity index (χ0) is 17.5. The van der Waals surface area contributed by atoms with Gasteiger partial charge in [-0.1, -0.05) is 54.1 Å². The highest BCUT2D eigenvalue weighted by Gasteiger charge is 2.13. The molecule has 1 aliphatic heterocycles. The number of carbonyl (C=O) groups is 1. The summed E-state index contributed by atoms with van der Waals surface area (Å²) in [7, 11) is 0. The fraction of sp³-hybridized carbons (Fsp3) is 0.318. The maximum Gasteiger partial charge on any atom is 0.331 e. The Kier molecular flexibility index (Phi) is 6.02. The molecule has 1 heterocycles.